The first kappa shape index (κ1) is 20.0. The number of ketones is 1. The van der Waals surface area contributed by atoms with E-state index in [1.54, 1.807) is 18.2 Å². The zero-order valence-corrected chi connectivity index (χ0v) is 17.3. The van der Waals surface area contributed by atoms with Crippen LogP contribution in [0.4, 0.5) is 0 Å². The van der Waals surface area contributed by atoms with Crippen LogP contribution in [0.3, 0.4) is 0 Å². The number of halogens is 2. The number of carbonyl (C=O) groups is 2. The molecule has 2 aliphatic rings. The largest absolute Gasteiger partial charge is 0.454 e. The van der Waals surface area contributed by atoms with Gasteiger partial charge in [0, 0.05) is 31.0 Å². The quantitative estimate of drug-likeness (QED) is 0.636. The van der Waals surface area contributed by atoms with Crippen LogP contribution in [-0.2, 0) is 11.2 Å². The molecule has 0 atom stereocenters. The Labute approximate surface area is 179 Å². The van der Waals surface area contributed by atoms with Crippen molar-refractivity contribution in [2.45, 2.75) is 25.7 Å². The summed E-state index contributed by atoms with van der Waals surface area (Å²) in [6.45, 7) is 1.43. The average Bonchev–Trinajstić information content (AvgIpc) is 3.21. The maximum absolute atomic E-state index is 12.7. The van der Waals surface area contributed by atoms with Gasteiger partial charge in [-0.25, -0.2) is 0 Å². The number of hydrogen-bond acceptors (Lipinski definition) is 4. The lowest BCUT2D eigenvalue weighted by atomic mass is 9.88. The zero-order valence-electron chi connectivity index (χ0n) is 15.8. The van der Waals surface area contributed by atoms with E-state index < -0.39 is 0 Å². The summed E-state index contributed by atoms with van der Waals surface area (Å²) in [5, 5.41) is 0.819. The molecule has 2 aromatic carbocycles. The second-order valence-corrected chi connectivity index (χ2v) is 8.15. The highest BCUT2D eigenvalue weighted by molar-refractivity contribution is 6.42. The summed E-state index contributed by atoms with van der Waals surface area (Å²) in [6.07, 6.45) is 2.41. The van der Waals surface area contributed by atoms with Gasteiger partial charge in [0.05, 0.1) is 10.0 Å². The number of fused-ring (bicyclic) bond motifs is 1. The summed E-state index contributed by atoms with van der Waals surface area (Å²) in [6, 6.07) is 10.7. The molecule has 0 saturated carbocycles. The second-order valence-electron chi connectivity index (χ2n) is 7.34. The maximum atomic E-state index is 12.7. The Bertz CT molecular complexity index is 938. The van der Waals surface area contributed by atoms with Crippen molar-refractivity contribution in [3.8, 4) is 11.5 Å². The first-order valence-corrected chi connectivity index (χ1v) is 10.4. The molecule has 2 aromatic rings. The summed E-state index contributed by atoms with van der Waals surface area (Å²) in [5.74, 6) is 1.56. The van der Waals surface area contributed by atoms with E-state index in [9.17, 15) is 9.59 Å². The summed E-state index contributed by atoms with van der Waals surface area (Å²) in [7, 11) is 0. The fourth-order valence-corrected chi connectivity index (χ4v) is 4.08. The van der Waals surface area contributed by atoms with E-state index >= 15 is 0 Å². The minimum Gasteiger partial charge on any atom is -0.454 e. The molecule has 2 heterocycles. The highest BCUT2D eigenvalue weighted by atomic mass is 35.5. The molecule has 152 valence electrons. The van der Waals surface area contributed by atoms with E-state index in [0.29, 0.717) is 54.4 Å². The van der Waals surface area contributed by atoms with Gasteiger partial charge >= 0.3 is 0 Å². The van der Waals surface area contributed by atoms with Crippen LogP contribution in [0.2, 0.25) is 10.0 Å². The molecule has 0 aliphatic carbocycles. The molecule has 29 heavy (non-hydrogen) atoms. The molecular formula is C22H21Cl2NO4. The Morgan fingerprint density at radius 1 is 0.966 bits per heavy atom. The number of hydrogen-bond donors (Lipinski definition) is 0. The summed E-state index contributed by atoms with van der Waals surface area (Å²) >= 11 is 12.0. The van der Waals surface area contributed by atoms with E-state index in [1.807, 2.05) is 23.1 Å². The summed E-state index contributed by atoms with van der Waals surface area (Å²) in [4.78, 5) is 27.2. The normalized spacial score (nSPS) is 16.1. The standard InChI is InChI=1S/C22H21Cl2NO4/c23-17-4-3-16(12-18(17)24)22(27)15-7-9-25(10-8-15)21(26)6-2-14-1-5-19-20(11-14)29-13-28-19/h1,3-5,11-12,15H,2,6-10,13H2. The SMILES string of the molecule is O=C(c1ccc(Cl)c(Cl)c1)C1CCN(C(=O)CCc2ccc3c(c2)OCO3)CC1. The van der Waals surface area contributed by atoms with Crippen molar-refractivity contribution >= 4 is 34.9 Å². The van der Waals surface area contributed by atoms with E-state index in [4.69, 9.17) is 32.7 Å². The van der Waals surface area contributed by atoms with Crippen LogP contribution in [0.15, 0.2) is 36.4 Å². The number of benzene rings is 2. The molecule has 5 nitrogen and oxygen atoms in total. The van der Waals surface area contributed by atoms with Crippen LogP contribution in [0.5, 0.6) is 11.5 Å². The topological polar surface area (TPSA) is 55.8 Å². The van der Waals surface area contributed by atoms with E-state index in [2.05, 4.69) is 0 Å². The van der Waals surface area contributed by atoms with Gasteiger partial charge in [0.2, 0.25) is 12.7 Å². The summed E-state index contributed by atoms with van der Waals surface area (Å²) < 4.78 is 10.7. The highest BCUT2D eigenvalue weighted by Crippen LogP contribution is 2.33. The first-order valence-electron chi connectivity index (χ1n) is 9.67. The molecule has 0 radical (unpaired) electrons. The Morgan fingerprint density at radius 2 is 1.72 bits per heavy atom. The molecule has 0 unspecified atom stereocenters. The van der Waals surface area contributed by atoms with Gasteiger partial charge in [-0.3, -0.25) is 9.59 Å². The van der Waals surface area contributed by atoms with Crippen molar-refractivity contribution in [1.82, 2.24) is 4.90 Å². The van der Waals surface area contributed by atoms with Crippen molar-refractivity contribution in [2.24, 2.45) is 5.92 Å². The zero-order chi connectivity index (χ0) is 20.4. The number of likely N-dealkylation sites (tertiary alicyclic amines) is 1. The van der Waals surface area contributed by atoms with Gasteiger partial charge in [-0.2, -0.15) is 0 Å². The number of Topliss-reactive ketones (excluding diaryl/α,β-unsaturated/α-hetero) is 1. The van der Waals surface area contributed by atoms with E-state index in [-0.39, 0.29) is 24.4 Å². The maximum Gasteiger partial charge on any atom is 0.231 e. The predicted molar refractivity (Wildman–Crippen MR) is 111 cm³/mol. The van der Waals surface area contributed by atoms with Crippen molar-refractivity contribution in [1.29, 1.82) is 0 Å². The van der Waals surface area contributed by atoms with Gasteiger partial charge in [-0.15, -0.1) is 0 Å². The van der Waals surface area contributed by atoms with Gasteiger partial charge in [0.15, 0.2) is 17.3 Å². The fourth-order valence-electron chi connectivity index (χ4n) is 3.78. The third kappa shape index (κ3) is 4.51. The third-order valence-electron chi connectivity index (χ3n) is 5.49. The van der Waals surface area contributed by atoms with Crippen molar-refractivity contribution in [2.75, 3.05) is 19.9 Å². The van der Waals surface area contributed by atoms with Crippen molar-refractivity contribution in [3.05, 3.63) is 57.6 Å². The van der Waals surface area contributed by atoms with E-state index in [0.717, 1.165) is 17.1 Å². The lowest BCUT2D eigenvalue weighted by Gasteiger charge is -2.31. The van der Waals surface area contributed by atoms with Gasteiger partial charge < -0.3 is 14.4 Å². The second kappa shape index (κ2) is 8.64. The van der Waals surface area contributed by atoms with E-state index in [1.165, 1.54) is 0 Å². The fraction of sp³-hybridized carbons (Fsp3) is 0.364. The number of nitrogens with zero attached hydrogens (tertiary/aromatic N) is 1. The molecule has 1 saturated heterocycles. The Hall–Kier alpha value is -2.24. The Kier molecular flexibility index (Phi) is 5.97. The predicted octanol–water partition coefficient (Wildman–Crippen LogP) is 4.78. The van der Waals surface area contributed by atoms with Crippen LogP contribution in [0, 0.1) is 5.92 Å². The molecule has 0 aromatic heterocycles. The van der Waals surface area contributed by atoms with Crippen LogP contribution < -0.4 is 9.47 Å². The minimum atomic E-state index is -0.0925. The molecule has 4 rings (SSSR count). The Balaban J connectivity index is 1.28. The van der Waals surface area contributed by atoms with Gasteiger partial charge in [-0.05, 0) is 55.2 Å². The number of carbonyl (C=O) groups excluding carboxylic acids is 2. The number of aryl methyl sites for hydroxylation is 1. The smallest absolute Gasteiger partial charge is 0.231 e. The minimum absolute atomic E-state index is 0.0658. The first-order chi connectivity index (χ1) is 14.0. The highest BCUT2D eigenvalue weighted by Gasteiger charge is 2.28. The molecule has 7 heteroatoms. The average molecular weight is 434 g/mol. The lowest BCUT2D eigenvalue weighted by Crippen LogP contribution is -2.40. The number of rotatable bonds is 5. The summed E-state index contributed by atoms with van der Waals surface area (Å²) in [5.41, 5.74) is 1.62. The number of amides is 1. The molecular weight excluding hydrogens is 413 g/mol. The van der Waals surface area contributed by atoms with Crippen LogP contribution in [0.1, 0.15) is 35.2 Å². The van der Waals surface area contributed by atoms with Crippen LogP contribution in [-0.4, -0.2) is 36.5 Å². The molecule has 0 N–H and O–H groups in total. The molecule has 0 spiro atoms. The van der Waals surface area contributed by atoms with Crippen LogP contribution in [0.25, 0.3) is 0 Å². The third-order valence-corrected chi connectivity index (χ3v) is 6.23. The lowest BCUT2D eigenvalue weighted by molar-refractivity contribution is -0.132. The molecule has 1 amide bonds. The van der Waals surface area contributed by atoms with Gasteiger partial charge in [0.25, 0.3) is 0 Å². The molecule has 2 aliphatic heterocycles. The number of ether oxygens (including phenoxy) is 2. The molecule has 0 bridgehead atoms. The number of piperidine rings is 1. The monoisotopic (exact) mass is 433 g/mol. The molecule has 1 fully saturated rings. The van der Waals surface area contributed by atoms with Gasteiger partial charge in [-0.1, -0.05) is 29.3 Å². The van der Waals surface area contributed by atoms with Crippen molar-refractivity contribution < 1.29 is 19.1 Å². The van der Waals surface area contributed by atoms with Crippen LogP contribution >= 0.6 is 23.2 Å². The van der Waals surface area contributed by atoms with Gasteiger partial charge in [0.1, 0.15) is 0 Å². The van der Waals surface area contributed by atoms with Crippen molar-refractivity contribution in [3.63, 3.8) is 0 Å². The Morgan fingerprint density at radius 3 is 2.48 bits per heavy atom.